The minimum Gasteiger partial charge on any atom is -0.497 e. The molecule has 0 aromatic heterocycles. The number of carbonyl (C=O) groups excluding carboxylic acids is 1. The Kier molecular flexibility index (Phi) is 5.37. The molecule has 0 bridgehead atoms. The highest BCUT2D eigenvalue weighted by Crippen LogP contribution is 2.26. The quantitative estimate of drug-likeness (QED) is 0.680. The van der Waals surface area contributed by atoms with Crippen LogP contribution in [-0.4, -0.2) is 20.1 Å². The average molecular weight is 308 g/mol. The van der Waals surface area contributed by atoms with Gasteiger partial charge in [0.15, 0.2) is 0 Å². The number of nitriles is 1. The lowest BCUT2D eigenvalue weighted by Gasteiger charge is -2.08. The molecule has 5 nitrogen and oxygen atoms in total. The highest BCUT2D eigenvalue weighted by molar-refractivity contribution is 6.09. The third-order valence-electron chi connectivity index (χ3n) is 3.13. The van der Waals surface area contributed by atoms with Crippen LogP contribution >= 0.6 is 0 Å². The van der Waals surface area contributed by atoms with E-state index in [9.17, 15) is 10.1 Å². The molecule has 1 amide bonds. The molecule has 5 heteroatoms. The van der Waals surface area contributed by atoms with Gasteiger partial charge in [-0.05, 0) is 36.4 Å². The van der Waals surface area contributed by atoms with Gasteiger partial charge < -0.3 is 14.8 Å². The van der Waals surface area contributed by atoms with E-state index >= 15 is 0 Å². The highest BCUT2D eigenvalue weighted by atomic mass is 16.5. The normalized spacial score (nSPS) is 10.6. The zero-order chi connectivity index (χ0) is 16.7. The van der Waals surface area contributed by atoms with Gasteiger partial charge >= 0.3 is 0 Å². The van der Waals surface area contributed by atoms with Gasteiger partial charge in [-0.2, -0.15) is 5.26 Å². The van der Waals surface area contributed by atoms with E-state index in [0.29, 0.717) is 22.7 Å². The summed E-state index contributed by atoms with van der Waals surface area (Å²) >= 11 is 0. The van der Waals surface area contributed by atoms with E-state index in [1.165, 1.54) is 13.2 Å². The van der Waals surface area contributed by atoms with Crippen molar-refractivity contribution >= 4 is 17.7 Å². The van der Waals surface area contributed by atoms with Crippen molar-refractivity contribution in [2.45, 2.75) is 0 Å². The number of benzene rings is 2. The van der Waals surface area contributed by atoms with E-state index < -0.39 is 5.91 Å². The minimum absolute atomic E-state index is 0.0274. The average Bonchev–Trinajstić information content (AvgIpc) is 2.60. The number of nitrogens with one attached hydrogen (secondary N) is 1. The van der Waals surface area contributed by atoms with Crippen molar-refractivity contribution in [3.63, 3.8) is 0 Å². The van der Waals surface area contributed by atoms with Crippen molar-refractivity contribution in [1.29, 1.82) is 5.26 Å². The molecular formula is C18H16N2O3. The minimum atomic E-state index is -0.483. The summed E-state index contributed by atoms with van der Waals surface area (Å²) in [6.07, 6.45) is 1.47. The lowest BCUT2D eigenvalue weighted by Crippen LogP contribution is -2.13. The van der Waals surface area contributed by atoms with Crippen molar-refractivity contribution in [2.24, 2.45) is 0 Å². The molecule has 0 saturated heterocycles. The van der Waals surface area contributed by atoms with Crippen LogP contribution in [0.2, 0.25) is 0 Å². The third-order valence-corrected chi connectivity index (χ3v) is 3.13. The molecule has 0 aliphatic rings. The maximum Gasteiger partial charge on any atom is 0.266 e. The number of ether oxygens (including phenoxy) is 2. The molecule has 2 aromatic carbocycles. The summed E-state index contributed by atoms with van der Waals surface area (Å²) in [6.45, 7) is 0. The smallest absolute Gasteiger partial charge is 0.266 e. The molecule has 116 valence electrons. The van der Waals surface area contributed by atoms with Crippen LogP contribution in [0.25, 0.3) is 6.08 Å². The molecule has 0 heterocycles. The first-order valence-corrected chi connectivity index (χ1v) is 6.88. The largest absolute Gasteiger partial charge is 0.497 e. The number of carbonyl (C=O) groups is 1. The molecule has 0 atom stereocenters. The van der Waals surface area contributed by atoms with E-state index in [2.05, 4.69) is 5.32 Å². The Labute approximate surface area is 134 Å². The van der Waals surface area contributed by atoms with Gasteiger partial charge in [-0.1, -0.05) is 18.2 Å². The van der Waals surface area contributed by atoms with Crippen LogP contribution in [0.1, 0.15) is 5.56 Å². The molecule has 0 fully saturated rings. The van der Waals surface area contributed by atoms with E-state index in [1.807, 2.05) is 12.1 Å². The summed E-state index contributed by atoms with van der Waals surface area (Å²) in [5.74, 6) is 0.674. The van der Waals surface area contributed by atoms with Crippen LogP contribution in [-0.2, 0) is 4.79 Å². The van der Waals surface area contributed by atoms with Crippen molar-refractivity contribution in [2.75, 3.05) is 19.5 Å². The lowest BCUT2D eigenvalue weighted by molar-refractivity contribution is -0.112. The molecule has 0 spiro atoms. The molecule has 0 radical (unpaired) electrons. The van der Waals surface area contributed by atoms with E-state index in [4.69, 9.17) is 9.47 Å². The summed E-state index contributed by atoms with van der Waals surface area (Å²) in [5, 5.41) is 12.0. The predicted molar refractivity (Wildman–Crippen MR) is 88.2 cm³/mol. The van der Waals surface area contributed by atoms with Gasteiger partial charge in [-0.3, -0.25) is 4.79 Å². The Hall–Kier alpha value is -3.26. The number of para-hydroxylation sites is 1. The zero-order valence-corrected chi connectivity index (χ0v) is 12.9. The van der Waals surface area contributed by atoms with Gasteiger partial charge in [-0.25, -0.2) is 0 Å². The lowest BCUT2D eigenvalue weighted by atomic mass is 10.1. The Morgan fingerprint density at radius 3 is 2.48 bits per heavy atom. The number of hydrogen-bond donors (Lipinski definition) is 1. The molecule has 0 unspecified atom stereocenters. The van der Waals surface area contributed by atoms with E-state index in [-0.39, 0.29) is 5.57 Å². The SMILES string of the molecule is COc1ccc(OC)c(C=C(C#N)C(=O)Nc2ccccc2)c1. The predicted octanol–water partition coefficient (Wildman–Crippen LogP) is 3.25. The fourth-order valence-electron chi connectivity index (χ4n) is 1.98. The number of methoxy groups -OCH3 is 2. The summed E-state index contributed by atoms with van der Waals surface area (Å²) < 4.78 is 10.4. The molecule has 2 aromatic rings. The fraction of sp³-hybridized carbons (Fsp3) is 0.111. The molecule has 0 saturated carbocycles. The van der Waals surface area contributed by atoms with Crippen molar-refractivity contribution in [3.8, 4) is 17.6 Å². The second-order valence-corrected chi connectivity index (χ2v) is 4.60. The Morgan fingerprint density at radius 1 is 1.13 bits per heavy atom. The van der Waals surface area contributed by atoms with Crippen LogP contribution < -0.4 is 14.8 Å². The molecule has 0 aliphatic carbocycles. The van der Waals surface area contributed by atoms with Gasteiger partial charge in [0.05, 0.1) is 14.2 Å². The van der Waals surface area contributed by atoms with Gasteiger partial charge in [0.1, 0.15) is 23.1 Å². The van der Waals surface area contributed by atoms with Crippen LogP contribution in [0.15, 0.2) is 54.1 Å². The summed E-state index contributed by atoms with van der Waals surface area (Å²) in [6, 6.07) is 16.0. The standard InChI is InChI=1S/C18H16N2O3/c1-22-16-8-9-17(23-2)13(11-16)10-14(12-19)18(21)20-15-6-4-3-5-7-15/h3-11H,1-2H3,(H,20,21). The first-order valence-electron chi connectivity index (χ1n) is 6.88. The molecule has 0 aliphatic heterocycles. The van der Waals surface area contributed by atoms with Gasteiger partial charge in [0, 0.05) is 11.3 Å². The summed E-state index contributed by atoms with van der Waals surface area (Å²) in [4.78, 5) is 12.2. The van der Waals surface area contributed by atoms with Gasteiger partial charge in [-0.15, -0.1) is 0 Å². The second kappa shape index (κ2) is 7.66. The van der Waals surface area contributed by atoms with Crippen molar-refractivity contribution in [3.05, 3.63) is 59.7 Å². The number of nitrogens with zero attached hydrogens (tertiary/aromatic N) is 1. The number of hydrogen-bond acceptors (Lipinski definition) is 4. The molecule has 2 rings (SSSR count). The monoisotopic (exact) mass is 308 g/mol. The Morgan fingerprint density at radius 2 is 1.87 bits per heavy atom. The van der Waals surface area contributed by atoms with E-state index in [0.717, 1.165) is 0 Å². The van der Waals surface area contributed by atoms with Gasteiger partial charge in [0.2, 0.25) is 0 Å². The number of rotatable bonds is 5. The first kappa shape index (κ1) is 16.1. The number of anilines is 1. The van der Waals surface area contributed by atoms with Crippen molar-refractivity contribution < 1.29 is 14.3 Å². The zero-order valence-electron chi connectivity index (χ0n) is 12.9. The van der Waals surface area contributed by atoms with Gasteiger partial charge in [0.25, 0.3) is 5.91 Å². The summed E-state index contributed by atoms with van der Waals surface area (Å²) in [7, 11) is 3.07. The number of amides is 1. The summed E-state index contributed by atoms with van der Waals surface area (Å²) in [5.41, 5.74) is 1.18. The maximum atomic E-state index is 12.2. The van der Waals surface area contributed by atoms with E-state index in [1.54, 1.807) is 49.6 Å². The van der Waals surface area contributed by atoms with Crippen LogP contribution in [0, 0.1) is 11.3 Å². The molecule has 1 N–H and O–H groups in total. The second-order valence-electron chi connectivity index (χ2n) is 4.60. The maximum absolute atomic E-state index is 12.2. The first-order chi connectivity index (χ1) is 11.2. The fourth-order valence-corrected chi connectivity index (χ4v) is 1.98. The van der Waals surface area contributed by atoms with Crippen LogP contribution in [0.4, 0.5) is 5.69 Å². The highest BCUT2D eigenvalue weighted by Gasteiger charge is 2.11. The molecular weight excluding hydrogens is 292 g/mol. The van der Waals surface area contributed by atoms with Crippen LogP contribution in [0.5, 0.6) is 11.5 Å². The van der Waals surface area contributed by atoms with Crippen LogP contribution in [0.3, 0.4) is 0 Å². The van der Waals surface area contributed by atoms with Crippen molar-refractivity contribution in [1.82, 2.24) is 0 Å². The topological polar surface area (TPSA) is 71.3 Å². The Bertz CT molecular complexity index is 762. The third kappa shape index (κ3) is 4.11. The Balaban J connectivity index is 2.31. The molecule has 23 heavy (non-hydrogen) atoms.